The van der Waals surface area contributed by atoms with Gasteiger partial charge < -0.3 is 15.4 Å². The topological polar surface area (TPSA) is 102 Å². The number of alkyl halides is 1. The van der Waals surface area contributed by atoms with E-state index in [0.717, 1.165) is 0 Å². The number of hydrogen-bond donors (Lipinski definition) is 2. The molecule has 0 spiro atoms. The summed E-state index contributed by atoms with van der Waals surface area (Å²) in [5, 5.41) is 5.05. The van der Waals surface area contributed by atoms with Gasteiger partial charge in [0.05, 0.1) is 11.5 Å². The number of ether oxygens (including phenoxy) is 1. The quantitative estimate of drug-likeness (QED) is 0.705. The van der Waals surface area contributed by atoms with E-state index in [1.807, 2.05) is 0 Å². The lowest BCUT2D eigenvalue weighted by Crippen LogP contribution is -2.60. The van der Waals surface area contributed by atoms with Crippen LogP contribution in [-0.2, 0) is 19.4 Å². The van der Waals surface area contributed by atoms with Gasteiger partial charge in [-0.25, -0.2) is 13.2 Å². The van der Waals surface area contributed by atoms with E-state index in [1.165, 1.54) is 0 Å². The maximum Gasteiger partial charge on any atom is 0.407 e. The average Bonchev–Trinajstić information content (AvgIpc) is 2.37. The number of hydrogen-bond acceptors (Lipinski definition) is 5. The molecule has 7 nitrogen and oxygen atoms in total. The average molecular weight is 395 g/mol. The molecular weight excluding hydrogens is 368 g/mol. The van der Waals surface area contributed by atoms with Crippen molar-refractivity contribution in [3.05, 3.63) is 0 Å². The third kappa shape index (κ3) is 5.74. The molecule has 1 aliphatic carbocycles. The van der Waals surface area contributed by atoms with Crippen LogP contribution in [0.4, 0.5) is 4.79 Å². The van der Waals surface area contributed by atoms with Crippen molar-refractivity contribution in [2.45, 2.75) is 63.6 Å². The van der Waals surface area contributed by atoms with Crippen LogP contribution in [0.15, 0.2) is 0 Å². The van der Waals surface area contributed by atoms with E-state index in [9.17, 15) is 18.0 Å². The highest BCUT2D eigenvalue weighted by Crippen LogP contribution is 2.36. The zero-order valence-electron chi connectivity index (χ0n) is 15.0. The lowest BCUT2D eigenvalue weighted by Gasteiger charge is -2.45. The third-order valence-corrected chi connectivity index (χ3v) is 6.59. The molecule has 0 radical (unpaired) electrons. The summed E-state index contributed by atoms with van der Waals surface area (Å²) in [4.78, 5) is 23.9. The van der Waals surface area contributed by atoms with Gasteiger partial charge in [0.1, 0.15) is 11.0 Å². The van der Waals surface area contributed by atoms with Gasteiger partial charge in [0.25, 0.3) is 0 Å². The number of sulfone groups is 1. The SMILES string of the molecule is CC(Cl)C(=O)NC1C2CC(NC(=O)OC(C)(C)C)CC1CS(=O)(=O)C2. The van der Waals surface area contributed by atoms with Gasteiger partial charge in [0.2, 0.25) is 5.91 Å². The Morgan fingerprint density at radius 3 is 2.08 bits per heavy atom. The maximum absolute atomic E-state index is 12.1. The Morgan fingerprint density at radius 1 is 1.12 bits per heavy atom. The van der Waals surface area contributed by atoms with Crippen molar-refractivity contribution in [3.8, 4) is 0 Å². The standard InChI is InChI=1S/C16H27ClN2O5S/c1-9(17)14(20)19-13-10-5-12(18-15(21)24-16(2,3)4)6-11(13)8-25(22,23)7-10/h9-13H,5-8H2,1-4H3,(H,18,21)(H,19,20). The number of amides is 2. The first kappa shape index (κ1) is 20.3. The summed E-state index contributed by atoms with van der Waals surface area (Å²) < 4.78 is 29.5. The Morgan fingerprint density at radius 2 is 1.64 bits per heavy atom. The normalized spacial score (nSPS) is 32.4. The first-order valence-corrected chi connectivity index (χ1v) is 10.8. The van der Waals surface area contributed by atoms with Crippen molar-refractivity contribution in [2.75, 3.05) is 11.5 Å². The van der Waals surface area contributed by atoms with E-state index < -0.39 is 26.9 Å². The molecule has 0 aromatic heterocycles. The summed E-state index contributed by atoms with van der Waals surface area (Å²) in [5.41, 5.74) is -0.592. The van der Waals surface area contributed by atoms with Crippen molar-refractivity contribution in [1.82, 2.24) is 10.6 Å². The molecule has 2 bridgehead atoms. The van der Waals surface area contributed by atoms with E-state index >= 15 is 0 Å². The second kappa shape index (κ2) is 7.31. The van der Waals surface area contributed by atoms with Gasteiger partial charge >= 0.3 is 6.09 Å². The molecule has 1 saturated carbocycles. The molecule has 3 atom stereocenters. The van der Waals surface area contributed by atoms with E-state index in [-0.39, 0.29) is 41.3 Å². The largest absolute Gasteiger partial charge is 0.444 e. The van der Waals surface area contributed by atoms with Gasteiger partial charge in [0.15, 0.2) is 9.84 Å². The van der Waals surface area contributed by atoms with E-state index in [2.05, 4.69) is 10.6 Å². The predicted molar refractivity (Wildman–Crippen MR) is 95.3 cm³/mol. The van der Waals surface area contributed by atoms with Crippen LogP contribution in [0.5, 0.6) is 0 Å². The Balaban J connectivity index is 2.06. The second-order valence-corrected chi connectivity index (χ2v) is 10.9. The van der Waals surface area contributed by atoms with Gasteiger partial charge in [-0.1, -0.05) is 0 Å². The minimum Gasteiger partial charge on any atom is -0.444 e. The van der Waals surface area contributed by atoms with Crippen molar-refractivity contribution < 1.29 is 22.7 Å². The van der Waals surface area contributed by atoms with Gasteiger partial charge in [-0.05, 0) is 52.4 Å². The fourth-order valence-electron chi connectivity index (χ4n) is 3.68. The summed E-state index contributed by atoms with van der Waals surface area (Å²) >= 11 is 5.82. The van der Waals surface area contributed by atoms with Crippen molar-refractivity contribution >= 4 is 33.4 Å². The maximum atomic E-state index is 12.1. The highest BCUT2D eigenvalue weighted by atomic mass is 35.5. The number of halogens is 1. The molecule has 3 unspecified atom stereocenters. The van der Waals surface area contributed by atoms with Crippen LogP contribution in [0.1, 0.15) is 40.5 Å². The molecule has 1 aliphatic heterocycles. The van der Waals surface area contributed by atoms with Gasteiger partial charge in [-0.15, -0.1) is 11.6 Å². The number of carbonyl (C=O) groups excluding carboxylic acids is 2. The molecule has 2 rings (SSSR count). The Labute approximate surface area is 154 Å². The molecule has 25 heavy (non-hydrogen) atoms. The van der Waals surface area contributed by atoms with Gasteiger partial charge in [-0.3, -0.25) is 4.79 Å². The van der Waals surface area contributed by atoms with Crippen LogP contribution in [-0.4, -0.2) is 55.0 Å². The molecular formula is C16H27ClN2O5S. The monoisotopic (exact) mass is 394 g/mol. The highest BCUT2D eigenvalue weighted by molar-refractivity contribution is 7.91. The van der Waals surface area contributed by atoms with Crippen LogP contribution in [0.3, 0.4) is 0 Å². The minimum absolute atomic E-state index is 0.0115. The number of fused-ring (bicyclic) bond motifs is 2. The van der Waals surface area contributed by atoms with Crippen LogP contribution >= 0.6 is 11.6 Å². The molecule has 2 amide bonds. The van der Waals surface area contributed by atoms with E-state index in [1.54, 1.807) is 27.7 Å². The number of rotatable bonds is 3. The van der Waals surface area contributed by atoms with Crippen LogP contribution < -0.4 is 10.6 Å². The Hall–Kier alpha value is -1.02. The van der Waals surface area contributed by atoms with Crippen LogP contribution in [0, 0.1) is 11.8 Å². The molecule has 0 aromatic carbocycles. The second-order valence-electron chi connectivity index (χ2n) is 8.06. The summed E-state index contributed by atoms with van der Waals surface area (Å²) in [7, 11) is -3.14. The van der Waals surface area contributed by atoms with E-state index in [4.69, 9.17) is 16.3 Å². The molecule has 2 fully saturated rings. The highest BCUT2D eigenvalue weighted by Gasteiger charge is 2.47. The van der Waals surface area contributed by atoms with Crippen LogP contribution in [0.25, 0.3) is 0 Å². The summed E-state index contributed by atoms with van der Waals surface area (Å²) in [5.74, 6) is -0.747. The molecule has 144 valence electrons. The molecule has 1 saturated heterocycles. The molecule has 9 heteroatoms. The van der Waals surface area contributed by atoms with Crippen molar-refractivity contribution in [2.24, 2.45) is 11.8 Å². The number of carbonyl (C=O) groups is 2. The lowest BCUT2D eigenvalue weighted by molar-refractivity contribution is -0.122. The summed E-state index contributed by atoms with van der Waals surface area (Å²) in [6, 6.07) is -0.393. The van der Waals surface area contributed by atoms with Crippen LogP contribution in [0.2, 0.25) is 0 Å². The molecule has 1 heterocycles. The zero-order chi connectivity index (χ0) is 19.0. The van der Waals surface area contributed by atoms with Gasteiger partial charge in [0, 0.05) is 12.1 Å². The first-order chi connectivity index (χ1) is 11.4. The summed E-state index contributed by atoms with van der Waals surface area (Å²) in [6.07, 6.45) is 0.461. The zero-order valence-corrected chi connectivity index (χ0v) is 16.6. The lowest BCUT2D eigenvalue weighted by atomic mass is 9.75. The molecule has 0 aromatic rings. The fraction of sp³-hybridized carbons (Fsp3) is 0.875. The van der Waals surface area contributed by atoms with Gasteiger partial charge in [-0.2, -0.15) is 0 Å². The minimum atomic E-state index is -3.14. The number of nitrogens with one attached hydrogen (secondary N) is 2. The summed E-state index contributed by atoms with van der Waals surface area (Å²) in [6.45, 7) is 6.94. The smallest absolute Gasteiger partial charge is 0.407 e. The molecule has 2 aliphatic rings. The van der Waals surface area contributed by atoms with Crippen molar-refractivity contribution in [3.63, 3.8) is 0 Å². The Kier molecular flexibility index (Phi) is 5.93. The molecule has 2 N–H and O–H groups in total. The van der Waals surface area contributed by atoms with E-state index in [0.29, 0.717) is 12.8 Å². The fourth-order valence-corrected chi connectivity index (χ4v) is 5.87. The number of alkyl carbamates (subject to hydrolysis) is 1. The van der Waals surface area contributed by atoms with Crippen molar-refractivity contribution in [1.29, 1.82) is 0 Å². The first-order valence-electron chi connectivity index (χ1n) is 8.50. The Bertz CT molecular complexity index is 607. The predicted octanol–water partition coefficient (Wildman–Crippen LogP) is 1.45. The third-order valence-electron chi connectivity index (χ3n) is 4.52.